The molecule has 1 aromatic carbocycles. The molecule has 1 aliphatic rings. The molecule has 2 rings (SSSR count). The van der Waals surface area contributed by atoms with E-state index in [1.807, 2.05) is 12.1 Å². The third-order valence-electron chi connectivity index (χ3n) is 3.35. The highest BCUT2D eigenvalue weighted by Crippen LogP contribution is 2.30. The summed E-state index contributed by atoms with van der Waals surface area (Å²) in [5, 5.41) is 4.98. The largest absolute Gasteiger partial charge is 0.348 e. The van der Waals surface area contributed by atoms with Gasteiger partial charge in [0, 0.05) is 13.1 Å². The van der Waals surface area contributed by atoms with Crippen LogP contribution in [0.5, 0.6) is 0 Å². The maximum Gasteiger partial charge on any atom is 0.173 e. The Morgan fingerprint density at radius 1 is 1.26 bits per heavy atom. The summed E-state index contributed by atoms with van der Waals surface area (Å²) in [5.41, 5.74) is 0.769. The van der Waals surface area contributed by atoms with E-state index in [1.165, 1.54) is 6.42 Å². The number of rotatable bonds is 1. The third kappa shape index (κ3) is 3.74. The number of thiocarbonyl (C=S) groups is 1. The van der Waals surface area contributed by atoms with Crippen LogP contribution < -0.4 is 5.32 Å². The molecule has 0 amide bonds. The van der Waals surface area contributed by atoms with Crippen molar-refractivity contribution in [3.63, 3.8) is 0 Å². The Kier molecular flexibility index (Phi) is 4.93. The Morgan fingerprint density at radius 3 is 2.53 bits per heavy atom. The zero-order valence-corrected chi connectivity index (χ0v) is 13.4. The molecule has 2 unspecified atom stereocenters. The van der Waals surface area contributed by atoms with E-state index >= 15 is 0 Å². The fourth-order valence-corrected chi connectivity index (χ4v) is 3.23. The zero-order chi connectivity index (χ0) is 14.0. The standard InChI is InChI=1S/C14H18Cl2N2S/c1-9-6-10(2)8-18(7-9)14(19)17-12-5-3-4-11(15)13(12)16/h3-5,9-10H,6-8H2,1-2H3,(H,17,19). The number of likely N-dealkylation sites (tertiary alicyclic amines) is 1. The van der Waals surface area contributed by atoms with E-state index in [4.69, 9.17) is 35.4 Å². The third-order valence-corrected chi connectivity index (χ3v) is 4.53. The monoisotopic (exact) mass is 316 g/mol. The number of hydrogen-bond acceptors (Lipinski definition) is 1. The molecule has 0 aromatic heterocycles. The highest BCUT2D eigenvalue weighted by molar-refractivity contribution is 7.80. The normalized spacial score (nSPS) is 23.3. The molecule has 5 heteroatoms. The Morgan fingerprint density at radius 2 is 1.89 bits per heavy atom. The van der Waals surface area contributed by atoms with Gasteiger partial charge in [0.2, 0.25) is 0 Å². The van der Waals surface area contributed by atoms with E-state index in [0.717, 1.165) is 23.9 Å². The molecule has 2 atom stereocenters. The van der Waals surface area contributed by atoms with Crippen LogP contribution in [0, 0.1) is 11.8 Å². The van der Waals surface area contributed by atoms with Gasteiger partial charge in [-0.1, -0.05) is 43.1 Å². The second-order valence-corrected chi connectivity index (χ2v) is 6.55. The number of benzene rings is 1. The van der Waals surface area contributed by atoms with E-state index in [-0.39, 0.29) is 0 Å². The van der Waals surface area contributed by atoms with Gasteiger partial charge in [-0.05, 0) is 42.6 Å². The lowest BCUT2D eigenvalue weighted by Gasteiger charge is -2.36. The van der Waals surface area contributed by atoms with Crippen LogP contribution in [-0.4, -0.2) is 23.1 Å². The van der Waals surface area contributed by atoms with Crippen LogP contribution in [0.2, 0.25) is 10.0 Å². The molecule has 104 valence electrons. The molecule has 0 spiro atoms. The van der Waals surface area contributed by atoms with Crippen LogP contribution in [0.15, 0.2) is 18.2 Å². The van der Waals surface area contributed by atoms with Crippen molar-refractivity contribution in [1.82, 2.24) is 4.90 Å². The van der Waals surface area contributed by atoms with Crippen molar-refractivity contribution in [2.24, 2.45) is 11.8 Å². The minimum atomic E-state index is 0.518. The molecular formula is C14H18Cl2N2S. The summed E-state index contributed by atoms with van der Waals surface area (Å²) >= 11 is 17.6. The first-order valence-corrected chi connectivity index (χ1v) is 7.63. The lowest BCUT2D eigenvalue weighted by molar-refractivity contribution is 0.216. The molecule has 2 nitrogen and oxygen atoms in total. The van der Waals surface area contributed by atoms with Gasteiger partial charge < -0.3 is 10.2 Å². The second kappa shape index (κ2) is 6.29. The van der Waals surface area contributed by atoms with Gasteiger partial charge in [-0.15, -0.1) is 0 Å². The van der Waals surface area contributed by atoms with E-state index in [9.17, 15) is 0 Å². The first kappa shape index (κ1) is 14.9. The van der Waals surface area contributed by atoms with E-state index < -0.39 is 0 Å². The predicted octanol–water partition coefficient (Wildman–Crippen LogP) is 4.67. The summed E-state index contributed by atoms with van der Waals surface area (Å²) in [7, 11) is 0. The fraction of sp³-hybridized carbons (Fsp3) is 0.500. The number of nitrogens with one attached hydrogen (secondary N) is 1. The molecule has 0 bridgehead atoms. The van der Waals surface area contributed by atoms with Crippen LogP contribution >= 0.6 is 35.4 Å². The Labute approximate surface area is 130 Å². The van der Waals surface area contributed by atoms with Gasteiger partial charge in [0.15, 0.2) is 5.11 Å². The number of piperidine rings is 1. The molecule has 0 radical (unpaired) electrons. The summed E-state index contributed by atoms with van der Waals surface area (Å²) in [4.78, 5) is 2.21. The van der Waals surface area contributed by atoms with E-state index in [2.05, 4.69) is 24.1 Å². The van der Waals surface area contributed by atoms with Crippen molar-refractivity contribution in [1.29, 1.82) is 0 Å². The van der Waals surface area contributed by atoms with Gasteiger partial charge in [0.25, 0.3) is 0 Å². The van der Waals surface area contributed by atoms with Crippen LogP contribution in [-0.2, 0) is 0 Å². The highest BCUT2D eigenvalue weighted by Gasteiger charge is 2.23. The molecule has 1 heterocycles. The van der Waals surface area contributed by atoms with Crippen molar-refractivity contribution >= 4 is 46.2 Å². The minimum absolute atomic E-state index is 0.518. The number of nitrogens with zero attached hydrogens (tertiary/aromatic N) is 1. The van der Waals surface area contributed by atoms with Crippen molar-refractivity contribution < 1.29 is 0 Å². The maximum absolute atomic E-state index is 6.16. The van der Waals surface area contributed by atoms with Gasteiger partial charge in [0.05, 0.1) is 15.7 Å². The molecule has 1 fully saturated rings. The Balaban J connectivity index is 2.06. The summed E-state index contributed by atoms with van der Waals surface area (Å²) in [6.07, 6.45) is 1.26. The zero-order valence-electron chi connectivity index (χ0n) is 11.1. The van der Waals surface area contributed by atoms with E-state index in [0.29, 0.717) is 21.9 Å². The average Bonchev–Trinajstić information content (AvgIpc) is 2.33. The maximum atomic E-state index is 6.16. The van der Waals surface area contributed by atoms with Gasteiger partial charge >= 0.3 is 0 Å². The SMILES string of the molecule is CC1CC(C)CN(C(=S)Nc2cccc(Cl)c2Cl)C1. The fourth-order valence-electron chi connectivity index (χ4n) is 2.62. The van der Waals surface area contributed by atoms with Gasteiger partial charge in [-0.3, -0.25) is 0 Å². The van der Waals surface area contributed by atoms with Gasteiger partial charge in [0.1, 0.15) is 0 Å². The molecular weight excluding hydrogens is 299 g/mol. The van der Waals surface area contributed by atoms with Crippen LogP contribution in [0.1, 0.15) is 20.3 Å². The lowest BCUT2D eigenvalue weighted by Crippen LogP contribution is -2.44. The van der Waals surface area contributed by atoms with E-state index in [1.54, 1.807) is 6.07 Å². The molecule has 0 aliphatic carbocycles. The first-order chi connectivity index (χ1) is 8.97. The molecule has 1 aromatic rings. The number of halogens is 2. The smallest absolute Gasteiger partial charge is 0.173 e. The van der Waals surface area contributed by atoms with Gasteiger partial charge in [-0.2, -0.15) is 0 Å². The summed E-state index contributed by atoms with van der Waals surface area (Å²) < 4.78 is 0. The number of hydrogen-bond donors (Lipinski definition) is 1. The summed E-state index contributed by atoms with van der Waals surface area (Å²) in [5.74, 6) is 1.33. The highest BCUT2D eigenvalue weighted by atomic mass is 35.5. The topological polar surface area (TPSA) is 15.3 Å². The summed E-state index contributed by atoms with van der Waals surface area (Å²) in [6.45, 7) is 6.51. The molecule has 1 N–H and O–H groups in total. The lowest BCUT2D eigenvalue weighted by atomic mass is 9.92. The second-order valence-electron chi connectivity index (χ2n) is 5.38. The summed E-state index contributed by atoms with van der Waals surface area (Å²) in [6, 6.07) is 5.51. The minimum Gasteiger partial charge on any atom is -0.348 e. The van der Waals surface area contributed by atoms with Crippen molar-refractivity contribution in [3.8, 4) is 0 Å². The van der Waals surface area contributed by atoms with Crippen LogP contribution in [0.25, 0.3) is 0 Å². The molecule has 1 aliphatic heterocycles. The average molecular weight is 317 g/mol. The van der Waals surface area contributed by atoms with Crippen molar-refractivity contribution in [3.05, 3.63) is 28.2 Å². The predicted molar refractivity (Wildman–Crippen MR) is 87.2 cm³/mol. The molecule has 1 saturated heterocycles. The molecule has 0 saturated carbocycles. The van der Waals surface area contributed by atoms with Crippen molar-refractivity contribution in [2.75, 3.05) is 18.4 Å². The van der Waals surface area contributed by atoms with Gasteiger partial charge in [-0.25, -0.2) is 0 Å². The molecule has 19 heavy (non-hydrogen) atoms. The van der Waals surface area contributed by atoms with Crippen LogP contribution in [0.3, 0.4) is 0 Å². The number of anilines is 1. The Bertz CT molecular complexity index is 469. The first-order valence-electron chi connectivity index (χ1n) is 6.47. The van der Waals surface area contributed by atoms with Crippen LogP contribution in [0.4, 0.5) is 5.69 Å². The Hall–Kier alpha value is -0.510. The quantitative estimate of drug-likeness (QED) is 0.758. The van der Waals surface area contributed by atoms with Crippen molar-refractivity contribution in [2.45, 2.75) is 20.3 Å².